The Morgan fingerprint density at radius 3 is 2.84 bits per heavy atom. The lowest BCUT2D eigenvalue weighted by Crippen LogP contribution is -2.27. The van der Waals surface area contributed by atoms with E-state index in [1.807, 2.05) is 30.3 Å². The molecule has 4 N–H and O–H groups in total. The molecule has 0 aliphatic carbocycles. The predicted octanol–water partition coefficient (Wildman–Crippen LogP) is 2.47. The zero-order chi connectivity index (χ0) is 21.6. The lowest BCUT2D eigenvalue weighted by molar-refractivity contribution is -0.115. The normalized spacial score (nSPS) is 11.9. The topological polar surface area (TPSA) is 145 Å². The van der Waals surface area contributed by atoms with Crippen molar-refractivity contribution in [2.45, 2.75) is 23.1 Å². The van der Waals surface area contributed by atoms with Gasteiger partial charge in [-0.3, -0.25) is 10.1 Å². The van der Waals surface area contributed by atoms with Crippen molar-refractivity contribution in [2.24, 2.45) is 0 Å². The van der Waals surface area contributed by atoms with Crippen molar-refractivity contribution >= 4 is 40.7 Å². The first-order chi connectivity index (χ1) is 15.1. The molecule has 1 amide bonds. The van der Waals surface area contributed by atoms with Gasteiger partial charge in [0.05, 0.1) is 18.7 Å². The summed E-state index contributed by atoms with van der Waals surface area (Å²) < 4.78 is 5.10. The number of fused-ring (bicyclic) bond motifs is 1. The average molecular weight is 437 g/mol. The number of nitrogens with two attached hydrogens (primary N) is 1. The Balaban J connectivity index is 1.58. The van der Waals surface area contributed by atoms with Crippen LogP contribution in [0.1, 0.15) is 12.0 Å². The van der Waals surface area contributed by atoms with Crippen LogP contribution < -0.4 is 15.8 Å². The molecule has 0 aliphatic heterocycles. The third kappa shape index (κ3) is 5.07. The molecule has 31 heavy (non-hydrogen) atoms. The molecule has 0 fully saturated rings. The van der Waals surface area contributed by atoms with Gasteiger partial charge in [-0.15, -0.1) is 0 Å². The summed E-state index contributed by atoms with van der Waals surface area (Å²) in [6.07, 6.45) is 4.31. The number of amides is 1. The van der Waals surface area contributed by atoms with Crippen LogP contribution in [-0.2, 0) is 11.2 Å². The van der Waals surface area contributed by atoms with Crippen LogP contribution >= 0.6 is 11.8 Å². The highest BCUT2D eigenvalue weighted by atomic mass is 32.2. The fraction of sp³-hybridized carbons (Fsp3) is 0.200. The number of hydrogen-bond donors (Lipinski definition) is 3. The van der Waals surface area contributed by atoms with Crippen molar-refractivity contribution in [1.29, 1.82) is 0 Å². The molecule has 0 saturated heterocycles. The van der Waals surface area contributed by atoms with Gasteiger partial charge < -0.3 is 15.5 Å². The molecule has 11 heteroatoms. The second kappa shape index (κ2) is 9.39. The van der Waals surface area contributed by atoms with Gasteiger partial charge in [-0.2, -0.15) is 9.97 Å². The lowest BCUT2D eigenvalue weighted by Gasteiger charge is -2.16. The van der Waals surface area contributed by atoms with E-state index in [4.69, 9.17) is 10.5 Å². The third-order valence-electron chi connectivity index (χ3n) is 4.43. The van der Waals surface area contributed by atoms with Gasteiger partial charge in [0.1, 0.15) is 10.5 Å². The van der Waals surface area contributed by atoms with Gasteiger partial charge in [-0.25, -0.2) is 15.0 Å². The van der Waals surface area contributed by atoms with Crippen molar-refractivity contribution in [1.82, 2.24) is 29.9 Å². The van der Waals surface area contributed by atoms with Crippen LogP contribution in [0, 0.1) is 0 Å². The number of H-pyrrole nitrogens is 1. The first-order valence-electron chi connectivity index (χ1n) is 9.47. The van der Waals surface area contributed by atoms with Crippen LogP contribution in [0.2, 0.25) is 0 Å². The molecular weight excluding hydrogens is 416 g/mol. The molecule has 0 saturated carbocycles. The van der Waals surface area contributed by atoms with Crippen molar-refractivity contribution < 1.29 is 9.53 Å². The van der Waals surface area contributed by atoms with E-state index in [1.54, 1.807) is 6.07 Å². The van der Waals surface area contributed by atoms with E-state index in [-0.39, 0.29) is 17.8 Å². The molecule has 10 nitrogen and oxygen atoms in total. The average Bonchev–Trinajstić information content (AvgIpc) is 3.26. The van der Waals surface area contributed by atoms with E-state index < -0.39 is 5.25 Å². The molecule has 4 aromatic rings. The second-order valence-electron chi connectivity index (χ2n) is 6.53. The number of hydrogen-bond acceptors (Lipinski definition) is 9. The van der Waals surface area contributed by atoms with E-state index in [9.17, 15) is 4.79 Å². The molecule has 3 aromatic heterocycles. The summed E-state index contributed by atoms with van der Waals surface area (Å²) in [7, 11) is 1.50. The molecule has 0 spiro atoms. The zero-order valence-electron chi connectivity index (χ0n) is 16.6. The summed E-state index contributed by atoms with van der Waals surface area (Å²) in [5, 5.41) is 2.83. The van der Waals surface area contributed by atoms with E-state index >= 15 is 0 Å². The standard InChI is InChI=1S/C20H20N8O2S/c1-30-14-9-10-22-20(25-14)27-17(29)13(8-7-12-5-3-2-4-6-12)31-18-15-16(24-11-23-15)26-19(21)28-18/h2-6,9-11,13H,7-8H2,1H3,(H,22,25,27,29)(H3,21,23,24,26,28)/t13-/m1/s1. The van der Waals surface area contributed by atoms with Crippen LogP contribution in [0.5, 0.6) is 5.88 Å². The van der Waals surface area contributed by atoms with Gasteiger partial charge in [-0.05, 0) is 18.4 Å². The Morgan fingerprint density at radius 2 is 2.03 bits per heavy atom. The van der Waals surface area contributed by atoms with Gasteiger partial charge in [0.15, 0.2) is 5.65 Å². The molecule has 0 aliphatic rings. The Bertz CT molecular complexity index is 1180. The van der Waals surface area contributed by atoms with Gasteiger partial charge in [0, 0.05) is 12.3 Å². The highest BCUT2D eigenvalue weighted by molar-refractivity contribution is 8.00. The predicted molar refractivity (Wildman–Crippen MR) is 118 cm³/mol. The first-order valence-corrected chi connectivity index (χ1v) is 10.4. The number of nitrogens with one attached hydrogen (secondary N) is 2. The smallest absolute Gasteiger partial charge is 0.240 e. The van der Waals surface area contributed by atoms with Crippen molar-refractivity contribution in [3.63, 3.8) is 0 Å². The zero-order valence-corrected chi connectivity index (χ0v) is 17.5. The number of nitrogens with zero attached hydrogens (tertiary/aromatic N) is 5. The minimum atomic E-state index is -0.490. The maximum Gasteiger partial charge on any atom is 0.240 e. The fourth-order valence-electron chi connectivity index (χ4n) is 2.94. The van der Waals surface area contributed by atoms with Gasteiger partial charge in [0.2, 0.25) is 23.7 Å². The van der Waals surface area contributed by atoms with Gasteiger partial charge >= 0.3 is 0 Å². The number of carbonyl (C=O) groups excluding carboxylic acids is 1. The van der Waals surface area contributed by atoms with E-state index in [2.05, 4.69) is 35.2 Å². The highest BCUT2D eigenvalue weighted by Gasteiger charge is 2.24. The minimum absolute atomic E-state index is 0.0976. The number of benzene rings is 1. The van der Waals surface area contributed by atoms with Crippen LogP contribution in [0.4, 0.5) is 11.9 Å². The van der Waals surface area contributed by atoms with Crippen LogP contribution in [0.25, 0.3) is 11.2 Å². The van der Waals surface area contributed by atoms with Crippen molar-refractivity contribution in [2.75, 3.05) is 18.2 Å². The minimum Gasteiger partial charge on any atom is -0.481 e. The number of aromatic amines is 1. The lowest BCUT2D eigenvalue weighted by atomic mass is 10.1. The fourth-order valence-corrected chi connectivity index (χ4v) is 4.02. The number of methoxy groups -OCH3 is 1. The molecule has 158 valence electrons. The summed E-state index contributed by atoms with van der Waals surface area (Å²) in [4.78, 5) is 37.0. The number of thioether (sulfide) groups is 1. The summed E-state index contributed by atoms with van der Waals surface area (Å²) in [6, 6.07) is 11.6. The van der Waals surface area contributed by atoms with Gasteiger partial charge in [-0.1, -0.05) is 42.1 Å². The maximum atomic E-state index is 13.1. The third-order valence-corrected chi connectivity index (χ3v) is 5.68. The number of aromatic nitrogens is 6. The Kier molecular flexibility index (Phi) is 6.22. The number of ether oxygens (including phenoxy) is 1. The number of anilines is 2. The molecule has 1 atom stereocenters. The largest absolute Gasteiger partial charge is 0.481 e. The number of imidazole rings is 1. The Labute approximate surface area is 182 Å². The number of aryl methyl sites for hydroxylation is 1. The van der Waals surface area contributed by atoms with E-state index in [1.165, 1.54) is 31.4 Å². The number of carbonyl (C=O) groups is 1. The second-order valence-corrected chi connectivity index (χ2v) is 7.72. The molecular formula is C20H20N8O2S. The number of rotatable bonds is 8. The Hall–Kier alpha value is -3.73. The number of nitrogen functional groups attached to an aromatic ring is 1. The summed E-state index contributed by atoms with van der Waals surface area (Å²) in [5.74, 6) is 0.379. The SMILES string of the molecule is COc1ccnc(NC(=O)[C@@H](CCc2ccccc2)Sc2nc(N)nc3nc[nH]c23)n1. The molecule has 0 radical (unpaired) electrons. The van der Waals surface area contributed by atoms with Crippen molar-refractivity contribution in [3.8, 4) is 5.88 Å². The molecule has 0 unspecified atom stereocenters. The van der Waals surface area contributed by atoms with Crippen LogP contribution in [-0.4, -0.2) is 48.2 Å². The molecule has 0 bridgehead atoms. The molecule has 1 aromatic carbocycles. The Morgan fingerprint density at radius 1 is 1.19 bits per heavy atom. The van der Waals surface area contributed by atoms with Gasteiger partial charge in [0.25, 0.3) is 0 Å². The first kappa shape index (κ1) is 20.5. The quantitative estimate of drug-likeness (QED) is 0.280. The maximum absolute atomic E-state index is 13.1. The summed E-state index contributed by atoms with van der Waals surface area (Å²) >= 11 is 1.29. The van der Waals surface area contributed by atoms with E-state index in [0.29, 0.717) is 34.9 Å². The summed E-state index contributed by atoms with van der Waals surface area (Å²) in [5.41, 5.74) is 8.05. The summed E-state index contributed by atoms with van der Waals surface area (Å²) in [6.45, 7) is 0. The highest BCUT2D eigenvalue weighted by Crippen LogP contribution is 2.30. The van der Waals surface area contributed by atoms with E-state index in [0.717, 1.165) is 5.56 Å². The van der Waals surface area contributed by atoms with Crippen molar-refractivity contribution in [3.05, 3.63) is 54.5 Å². The monoisotopic (exact) mass is 436 g/mol. The van der Waals surface area contributed by atoms with Crippen LogP contribution in [0.3, 0.4) is 0 Å². The molecule has 3 heterocycles. The van der Waals surface area contributed by atoms with Crippen LogP contribution in [0.15, 0.2) is 53.9 Å². The molecule has 4 rings (SSSR count).